The van der Waals surface area contributed by atoms with E-state index in [0.29, 0.717) is 32.7 Å². The second-order valence-corrected chi connectivity index (χ2v) is 17.3. The van der Waals surface area contributed by atoms with E-state index in [4.69, 9.17) is 28.4 Å². The lowest BCUT2D eigenvalue weighted by molar-refractivity contribution is -0.168. The number of cyclic esters (lactones) is 1. The number of allylic oxidation sites excluding steroid dienone is 1. The largest absolute Gasteiger partial charge is 0.439 e. The van der Waals surface area contributed by atoms with E-state index in [-0.39, 0.29) is 36.8 Å². The lowest BCUT2D eigenvalue weighted by Crippen LogP contribution is -2.45. The Bertz CT molecular complexity index is 1750. The van der Waals surface area contributed by atoms with Crippen LogP contribution in [0.4, 0.5) is 4.79 Å². The van der Waals surface area contributed by atoms with Gasteiger partial charge in [-0.15, -0.1) is 0 Å². The number of rotatable bonds is 22. The Morgan fingerprint density at radius 2 is 1.47 bits per heavy atom. The van der Waals surface area contributed by atoms with E-state index in [2.05, 4.69) is 45.1 Å². The number of aliphatic hydroxyl groups excluding tert-OH is 1. The maximum Gasteiger partial charge on any atom is 0.417 e. The number of carbonyl (C=O) groups is 2. The first-order valence-electron chi connectivity index (χ1n) is 21.4. The highest BCUT2D eigenvalue weighted by Crippen LogP contribution is 2.39. The van der Waals surface area contributed by atoms with Gasteiger partial charge in [0.1, 0.15) is 12.9 Å². The standard InChI is InChI=1S/C49H67NO9/c1-34(44(51)37(4)46(52)50-38(5)45(58-47(50)53)41-25-16-11-17-26-41)20-18-19-27-42(56-33-54-30-39-21-12-9-13-22-39)36(3)43(55-31-40-23-14-10-15-24-40)29-28-35(2)49(8)32-57-48(6,7)59-49/h9-17,19,21-27,34-38,42-45,51H,18,20,28-33H2,1-8H3/b27-19-/t34-,35-,36-,37+,38+,42?,43+,44-,45+,49-/m0/s1. The average molecular weight is 814 g/mol. The van der Waals surface area contributed by atoms with Gasteiger partial charge in [0.05, 0.1) is 55.7 Å². The lowest BCUT2D eigenvalue weighted by Gasteiger charge is -2.34. The summed E-state index contributed by atoms with van der Waals surface area (Å²) in [6, 6.07) is 29.1. The third-order valence-electron chi connectivity index (χ3n) is 12.2. The van der Waals surface area contributed by atoms with E-state index in [1.165, 1.54) is 0 Å². The molecule has 10 nitrogen and oxygen atoms in total. The molecule has 0 spiro atoms. The van der Waals surface area contributed by atoms with Crippen LogP contribution < -0.4 is 0 Å². The van der Waals surface area contributed by atoms with Gasteiger partial charge in [-0.3, -0.25) is 4.79 Å². The van der Waals surface area contributed by atoms with Crippen molar-refractivity contribution in [3.63, 3.8) is 0 Å². The van der Waals surface area contributed by atoms with Crippen molar-refractivity contribution >= 4 is 12.0 Å². The second-order valence-electron chi connectivity index (χ2n) is 17.3. The van der Waals surface area contributed by atoms with E-state index in [1.54, 1.807) is 13.8 Å². The van der Waals surface area contributed by atoms with Crippen LogP contribution in [0, 0.1) is 23.7 Å². The molecular weight excluding hydrogens is 747 g/mol. The summed E-state index contributed by atoms with van der Waals surface area (Å²) < 4.78 is 37.2. The van der Waals surface area contributed by atoms with Gasteiger partial charge in [0.25, 0.3) is 0 Å². The smallest absolute Gasteiger partial charge is 0.417 e. The predicted octanol–water partition coefficient (Wildman–Crippen LogP) is 9.80. The number of ether oxygens (including phenoxy) is 6. The molecule has 2 amide bonds. The first kappa shape index (κ1) is 46.2. The molecule has 10 atom stereocenters. The van der Waals surface area contributed by atoms with Crippen molar-refractivity contribution in [1.29, 1.82) is 0 Å². The number of hydrogen-bond donors (Lipinski definition) is 1. The first-order valence-corrected chi connectivity index (χ1v) is 21.4. The third-order valence-corrected chi connectivity index (χ3v) is 12.2. The van der Waals surface area contributed by atoms with E-state index in [0.717, 1.165) is 34.4 Å². The van der Waals surface area contributed by atoms with Gasteiger partial charge < -0.3 is 33.5 Å². The molecule has 2 heterocycles. The fourth-order valence-corrected chi connectivity index (χ4v) is 8.09. The topological polar surface area (TPSA) is 113 Å². The number of carbonyl (C=O) groups excluding carboxylic acids is 2. The molecule has 3 aromatic rings. The van der Waals surface area contributed by atoms with Gasteiger partial charge in [0, 0.05) is 5.92 Å². The van der Waals surface area contributed by atoms with E-state index < -0.39 is 47.6 Å². The van der Waals surface area contributed by atoms with Gasteiger partial charge in [-0.05, 0) is 81.9 Å². The Balaban J connectivity index is 1.23. The quantitative estimate of drug-likeness (QED) is 0.0602. The van der Waals surface area contributed by atoms with Crippen molar-refractivity contribution in [3.8, 4) is 0 Å². The van der Waals surface area contributed by atoms with Gasteiger partial charge in [0.15, 0.2) is 5.79 Å². The van der Waals surface area contributed by atoms with Crippen LogP contribution in [0.2, 0.25) is 0 Å². The molecule has 322 valence electrons. The Labute approximate surface area is 352 Å². The van der Waals surface area contributed by atoms with Crippen LogP contribution in [0.3, 0.4) is 0 Å². The zero-order valence-corrected chi connectivity index (χ0v) is 36.3. The Hall–Kier alpha value is -3.90. The van der Waals surface area contributed by atoms with E-state index in [1.807, 2.05) is 99.6 Å². The highest BCUT2D eigenvalue weighted by Gasteiger charge is 2.47. The van der Waals surface area contributed by atoms with Crippen LogP contribution >= 0.6 is 0 Å². The SMILES string of the molecule is C[C@@H]1[C@H](c2ccccc2)OC(=O)N1C(=O)[C@H](C)[C@@H](O)[C@@H](C)CC/C=C\C(OCOCc1ccccc1)[C@H](C)[C@@H](CC[C@H](C)[C@]1(C)COC(C)(C)O1)OCc1ccccc1. The number of amides is 2. The molecule has 0 bridgehead atoms. The number of benzene rings is 3. The van der Waals surface area contributed by atoms with Crippen LogP contribution in [0.15, 0.2) is 103 Å². The summed E-state index contributed by atoms with van der Waals surface area (Å²) in [5, 5.41) is 11.4. The summed E-state index contributed by atoms with van der Waals surface area (Å²) in [6.45, 7) is 17.4. The number of hydrogen-bond acceptors (Lipinski definition) is 9. The van der Waals surface area contributed by atoms with Crippen LogP contribution in [-0.4, -0.2) is 71.1 Å². The van der Waals surface area contributed by atoms with Crippen molar-refractivity contribution in [2.24, 2.45) is 23.7 Å². The van der Waals surface area contributed by atoms with Gasteiger partial charge in [-0.25, -0.2) is 9.69 Å². The molecule has 5 rings (SSSR count). The molecular formula is C49H67NO9. The van der Waals surface area contributed by atoms with Gasteiger partial charge in [-0.1, -0.05) is 131 Å². The highest BCUT2D eigenvalue weighted by atomic mass is 16.8. The van der Waals surface area contributed by atoms with Gasteiger partial charge in [0.2, 0.25) is 5.91 Å². The van der Waals surface area contributed by atoms with Crippen LogP contribution in [-0.2, 0) is 46.4 Å². The minimum atomic E-state index is -0.955. The molecule has 2 saturated heterocycles. The zero-order chi connectivity index (χ0) is 42.6. The molecule has 2 fully saturated rings. The Morgan fingerprint density at radius 3 is 2.08 bits per heavy atom. The van der Waals surface area contributed by atoms with Crippen molar-refractivity contribution in [2.45, 2.75) is 136 Å². The van der Waals surface area contributed by atoms with Crippen molar-refractivity contribution in [3.05, 3.63) is 120 Å². The fraction of sp³-hybridized carbons (Fsp3) is 0.551. The van der Waals surface area contributed by atoms with Gasteiger partial charge >= 0.3 is 6.09 Å². The molecule has 1 N–H and O–H groups in total. The third kappa shape index (κ3) is 12.8. The molecule has 1 unspecified atom stereocenters. The van der Waals surface area contributed by atoms with Crippen molar-refractivity contribution in [2.75, 3.05) is 13.4 Å². The number of aliphatic hydroxyl groups is 1. The summed E-state index contributed by atoms with van der Waals surface area (Å²) in [7, 11) is 0. The molecule has 0 saturated carbocycles. The molecule has 0 aliphatic carbocycles. The molecule has 2 aliphatic heterocycles. The minimum absolute atomic E-state index is 0.0462. The Morgan fingerprint density at radius 1 is 0.864 bits per heavy atom. The maximum absolute atomic E-state index is 13.6. The summed E-state index contributed by atoms with van der Waals surface area (Å²) >= 11 is 0. The zero-order valence-electron chi connectivity index (χ0n) is 36.3. The molecule has 10 heteroatoms. The molecule has 0 aromatic heterocycles. The summed E-state index contributed by atoms with van der Waals surface area (Å²) in [5.41, 5.74) is 2.59. The molecule has 3 aromatic carbocycles. The van der Waals surface area contributed by atoms with Gasteiger partial charge in [-0.2, -0.15) is 0 Å². The molecule has 59 heavy (non-hydrogen) atoms. The Kier molecular flexibility index (Phi) is 16.9. The van der Waals surface area contributed by atoms with Crippen molar-refractivity contribution < 1.29 is 43.1 Å². The highest BCUT2D eigenvalue weighted by molar-refractivity contribution is 5.95. The van der Waals surface area contributed by atoms with E-state index >= 15 is 0 Å². The minimum Gasteiger partial charge on any atom is -0.439 e. The monoisotopic (exact) mass is 813 g/mol. The van der Waals surface area contributed by atoms with Crippen LogP contribution in [0.1, 0.15) is 104 Å². The van der Waals surface area contributed by atoms with E-state index in [9.17, 15) is 14.7 Å². The summed E-state index contributed by atoms with van der Waals surface area (Å²) in [4.78, 5) is 27.7. The summed E-state index contributed by atoms with van der Waals surface area (Å²) in [6.07, 6.45) is 4.42. The fourth-order valence-electron chi connectivity index (χ4n) is 8.09. The number of nitrogens with zero attached hydrogens (tertiary/aromatic N) is 1. The number of imide groups is 1. The molecule has 0 radical (unpaired) electrons. The maximum atomic E-state index is 13.6. The first-order chi connectivity index (χ1) is 28.2. The predicted molar refractivity (Wildman–Crippen MR) is 228 cm³/mol. The van der Waals surface area contributed by atoms with Crippen molar-refractivity contribution in [1.82, 2.24) is 4.90 Å². The lowest BCUT2D eigenvalue weighted by atomic mass is 9.84. The summed E-state index contributed by atoms with van der Waals surface area (Å²) in [5.74, 6) is -1.90. The second kappa shape index (κ2) is 21.6. The normalized spacial score (nSPS) is 24.0. The molecule has 2 aliphatic rings. The average Bonchev–Trinajstić information content (AvgIpc) is 3.71. The van der Waals surface area contributed by atoms with Crippen LogP contribution in [0.5, 0.6) is 0 Å². The van der Waals surface area contributed by atoms with Crippen LogP contribution in [0.25, 0.3) is 0 Å².